The predicted octanol–water partition coefficient (Wildman–Crippen LogP) is 5.32. The molecule has 10 heteroatoms. The molecule has 5 rings (SSSR count). The second-order valence-corrected chi connectivity index (χ2v) is 10.9. The van der Waals surface area contributed by atoms with Gasteiger partial charge in [0.05, 0.1) is 37.3 Å². The van der Waals surface area contributed by atoms with Crippen LogP contribution in [0.1, 0.15) is 55.6 Å². The number of nitrogens with one attached hydrogen (secondary N) is 2. The summed E-state index contributed by atoms with van der Waals surface area (Å²) in [5, 5.41) is 7.14. The first-order chi connectivity index (χ1) is 20.0. The maximum absolute atomic E-state index is 14.2. The number of carbonyl (C=O) groups excluding carboxylic acids is 2. The number of piperazine rings is 1. The van der Waals surface area contributed by atoms with Gasteiger partial charge in [-0.15, -0.1) is 0 Å². The lowest BCUT2D eigenvalue weighted by Crippen LogP contribution is -2.54. The first-order valence-electron chi connectivity index (χ1n) is 14.5. The molecule has 1 saturated carbocycles. The van der Waals surface area contributed by atoms with Crippen molar-refractivity contribution in [2.75, 3.05) is 32.8 Å². The lowest BCUT2D eigenvalue weighted by molar-refractivity contribution is 0.0601. The highest BCUT2D eigenvalue weighted by Crippen LogP contribution is 2.35. The zero-order valence-electron chi connectivity index (χ0n) is 23.4. The van der Waals surface area contributed by atoms with Gasteiger partial charge in [-0.05, 0) is 44.0 Å². The molecule has 3 atom stereocenters. The minimum atomic E-state index is -0.411. The average Bonchev–Trinajstić information content (AvgIpc) is 3.44. The minimum Gasteiger partial charge on any atom is -0.494 e. The van der Waals surface area contributed by atoms with Crippen LogP contribution in [0.25, 0.3) is 11.3 Å². The Kier molecular flexibility index (Phi) is 9.80. The van der Waals surface area contributed by atoms with Gasteiger partial charge in [0, 0.05) is 42.7 Å². The van der Waals surface area contributed by atoms with Gasteiger partial charge in [0.2, 0.25) is 0 Å². The number of benzene rings is 2. The van der Waals surface area contributed by atoms with Crippen LogP contribution < -0.4 is 15.4 Å². The van der Waals surface area contributed by atoms with Gasteiger partial charge in [-0.2, -0.15) is 0 Å². The van der Waals surface area contributed by atoms with E-state index >= 15 is 0 Å². The van der Waals surface area contributed by atoms with E-state index in [1.165, 1.54) is 0 Å². The molecule has 2 aromatic carbocycles. The van der Waals surface area contributed by atoms with Crippen molar-refractivity contribution in [3.63, 3.8) is 0 Å². The number of aromatic nitrogens is 2. The fraction of sp³-hybridized carbons (Fsp3) is 0.452. The van der Waals surface area contributed by atoms with E-state index in [1.54, 1.807) is 25.4 Å². The average molecular weight is 580 g/mol. The van der Waals surface area contributed by atoms with E-state index in [1.807, 2.05) is 47.4 Å². The van der Waals surface area contributed by atoms with E-state index in [0.29, 0.717) is 43.4 Å². The second kappa shape index (κ2) is 13.9. The van der Waals surface area contributed by atoms with Crippen molar-refractivity contribution in [3.8, 4) is 17.0 Å². The number of rotatable bonds is 9. The number of alkyl carbamates (subject to hydrolysis) is 1. The highest BCUT2D eigenvalue weighted by molar-refractivity contribution is 6.30. The van der Waals surface area contributed by atoms with Crippen LogP contribution in [-0.4, -0.2) is 71.4 Å². The van der Waals surface area contributed by atoms with Gasteiger partial charge in [-0.25, -0.2) is 9.78 Å². The van der Waals surface area contributed by atoms with Gasteiger partial charge in [-0.3, -0.25) is 4.79 Å². The van der Waals surface area contributed by atoms with Crippen molar-refractivity contribution in [2.45, 2.75) is 57.2 Å². The van der Waals surface area contributed by atoms with E-state index in [4.69, 9.17) is 26.1 Å². The molecule has 0 radical (unpaired) electrons. The van der Waals surface area contributed by atoms with Gasteiger partial charge in [-0.1, -0.05) is 54.8 Å². The Balaban J connectivity index is 1.40. The molecule has 2 aliphatic rings. The summed E-state index contributed by atoms with van der Waals surface area (Å²) in [6.07, 6.45) is 5.81. The molecule has 41 heavy (non-hydrogen) atoms. The fourth-order valence-corrected chi connectivity index (χ4v) is 5.98. The van der Waals surface area contributed by atoms with Crippen LogP contribution in [-0.2, 0) is 4.74 Å². The van der Waals surface area contributed by atoms with E-state index < -0.39 is 6.09 Å². The molecule has 3 aromatic rings. The molecule has 0 unspecified atom stereocenters. The molecule has 2 fully saturated rings. The van der Waals surface area contributed by atoms with E-state index in [0.717, 1.165) is 49.2 Å². The van der Waals surface area contributed by atoms with E-state index in [9.17, 15) is 9.59 Å². The van der Waals surface area contributed by atoms with Crippen molar-refractivity contribution in [1.29, 1.82) is 0 Å². The van der Waals surface area contributed by atoms with Crippen molar-refractivity contribution >= 4 is 23.6 Å². The Morgan fingerprint density at radius 2 is 1.88 bits per heavy atom. The van der Waals surface area contributed by atoms with E-state index in [2.05, 4.69) is 15.2 Å². The monoisotopic (exact) mass is 579 g/mol. The van der Waals surface area contributed by atoms with Crippen LogP contribution in [0.5, 0.6) is 5.75 Å². The number of amides is 2. The number of halogens is 1. The number of imidazole rings is 1. The Labute approximate surface area is 246 Å². The zero-order chi connectivity index (χ0) is 28.6. The smallest absolute Gasteiger partial charge is 0.407 e. The first kappa shape index (κ1) is 29.0. The predicted molar refractivity (Wildman–Crippen MR) is 158 cm³/mol. The summed E-state index contributed by atoms with van der Waals surface area (Å²) in [6.45, 7) is 4.58. The zero-order valence-corrected chi connectivity index (χ0v) is 24.2. The van der Waals surface area contributed by atoms with Crippen LogP contribution in [0, 0.1) is 0 Å². The molecule has 2 amide bonds. The maximum atomic E-state index is 14.2. The maximum Gasteiger partial charge on any atom is 0.407 e. The molecule has 2 heterocycles. The molecule has 0 spiro atoms. The first-order valence-corrected chi connectivity index (χ1v) is 14.9. The Morgan fingerprint density at radius 3 is 2.66 bits per heavy atom. The van der Waals surface area contributed by atoms with Crippen LogP contribution >= 0.6 is 11.6 Å². The molecular weight excluding hydrogens is 542 g/mol. The van der Waals surface area contributed by atoms with Crippen LogP contribution in [0.3, 0.4) is 0 Å². The number of hydrogen-bond donors (Lipinski definition) is 2. The summed E-state index contributed by atoms with van der Waals surface area (Å²) < 4.78 is 13.2. The summed E-state index contributed by atoms with van der Waals surface area (Å²) in [5.74, 6) is 0.658. The van der Waals surface area contributed by atoms with Gasteiger partial charge < -0.3 is 29.6 Å². The molecule has 1 saturated heterocycles. The molecule has 0 bridgehead atoms. The summed E-state index contributed by atoms with van der Waals surface area (Å²) in [5.41, 5.74) is 2.14. The SMILES string of the molecule is CCOC(=O)N[C@H]1CCCC[C@@H]1n1cnc(C(=O)N2CCNC[C@H]2CCOc2ccc(Cl)cc2)c1-c1ccccc1. The van der Waals surface area contributed by atoms with Gasteiger partial charge in [0.15, 0.2) is 5.69 Å². The molecule has 218 valence electrons. The number of ether oxygens (including phenoxy) is 2. The Morgan fingerprint density at radius 1 is 1.10 bits per heavy atom. The topological polar surface area (TPSA) is 97.7 Å². The molecule has 9 nitrogen and oxygen atoms in total. The quantitative estimate of drug-likeness (QED) is 0.356. The van der Waals surface area contributed by atoms with Crippen molar-refractivity contribution < 1.29 is 19.1 Å². The Hall–Kier alpha value is -3.56. The molecule has 2 N–H and O–H groups in total. The van der Waals surface area contributed by atoms with Gasteiger partial charge >= 0.3 is 6.09 Å². The number of hydrogen-bond acceptors (Lipinski definition) is 6. The van der Waals surface area contributed by atoms with E-state index in [-0.39, 0.29) is 24.0 Å². The number of nitrogens with zero attached hydrogens (tertiary/aromatic N) is 3. The highest BCUT2D eigenvalue weighted by atomic mass is 35.5. The Bertz CT molecular complexity index is 1300. The number of carbonyl (C=O) groups is 2. The summed E-state index contributed by atoms with van der Waals surface area (Å²) in [6, 6.07) is 17.0. The van der Waals surface area contributed by atoms with Gasteiger partial charge in [0.25, 0.3) is 5.91 Å². The van der Waals surface area contributed by atoms with Crippen molar-refractivity contribution in [1.82, 2.24) is 25.1 Å². The summed E-state index contributed by atoms with van der Waals surface area (Å²) in [7, 11) is 0. The summed E-state index contributed by atoms with van der Waals surface area (Å²) in [4.78, 5) is 33.2. The standard InChI is InChI=1S/C31H38ClN5O4/c1-2-40-31(39)35-26-10-6-7-11-27(26)37-21-34-28(29(37)22-8-4-3-5-9-22)30(38)36-18-17-33-20-24(36)16-19-41-25-14-12-23(32)13-15-25/h3-5,8-9,12-15,21,24,26-27,33H,2,6-7,10-11,16-20H2,1H3,(H,35,39)/t24-,26+,27+/m1/s1. The molecule has 1 aliphatic heterocycles. The van der Waals surface area contributed by atoms with Crippen LogP contribution in [0.2, 0.25) is 5.02 Å². The normalized spacial score (nSPS) is 20.8. The highest BCUT2D eigenvalue weighted by Gasteiger charge is 2.35. The molecule has 1 aromatic heterocycles. The largest absolute Gasteiger partial charge is 0.494 e. The second-order valence-electron chi connectivity index (χ2n) is 10.5. The molecular formula is C31H38ClN5O4. The van der Waals surface area contributed by atoms with Gasteiger partial charge in [0.1, 0.15) is 5.75 Å². The lowest BCUT2D eigenvalue weighted by atomic mass is 9.89. The third kappa shape index (κ3) is 7.02. The van der Waals surface area contributed by atoms with Crippen LogP contribution in [0.4, 0.5) is 4.79 Å². The third-order valence-electron chi connectivity index (χ3n) is 7.85. The molecule has 1 aliphatic carbocycles. The third-order valence-corrected chi connectivity index (χ3v) is 8.11. The minimum absolute atomic E-state index is 0.0368. The van der Waals surface area contributed by atoms with Crippen molar-refractivity contribution in [3.05, 3.63) is 71.6 Å². The van der Waals surface area contributed by atoms with Crippen molar-refractivity contribution in [2.24, 2.45) is 0 Å². The summed E-state index contributed by atoms with van der Waals surface area (Å²) >= 11 is 5.99. The lowest BCUT2D eigenvalue weighted by Gasteiger charge is -2.36. The van der Waals surface area contributed by atoms with Crippen LogP contribution in [0.15, 0.2) is 60.9 Å². The fourth-order valence-electron chi connectivity index (χ4n) is 5.85.